The molecule has 1 aromatic carbocycles. The number of hydrogen-bond donors (Lipinski definition) is 1. The zero-order valence-corrected chi connectivity index (χ0v) is 13.9. The second-order valence-electron chi connectivity index (χ2n) is 6.11. The van der Waals surface area contributed by atoms with Crippen molar-refractivity contribution in [1.82, 2.24) is 14.7 Å². The van der Waals surface area contributed by atoms with Crippen molar-refractivity contribution in [2.24, 2.45) is 0 Å². The third-order valence-corrected chi connectivity index (χ3v) is 4.68. The lowest BCUT2D eigenvalue weighted by Gasteiger charge is -2.32. The van der Waals surface area contributed by atoms with Crippen molar-refractivity contribution in [3.05, 3.63) is 52.6 Å². The standard InChI is InChI=1S/C17H19ClFN3O2/c18-14-4-1-5-15(19)13(14)10-21-7-2-3-12(9-21)16-6-8-22(20-16)11-17(23)24/h1,4-6,8,12H,2-3,7,9-11H2,(H,23,24)/t12-/m1/s1. The van der Waals surface area contributed by atoms with E-state index < -0.39 is 5.97 Å². The summed E-state index contributed by atoms with van der Waals surface area (Å²) >= 11 is 6.12. The fourth-order valence-electron chi connectivity index (χ4n) is 3.17. The molecule has 128 valence electrons. The van der Waals surface area contributed by atoms with Gasteiger partial charge in [0.2, 0.25) is 0 Å². The van der Waals surface area contributed by atoms with Crippen LogP contribution in [0.2, 0.25) is 5.02 Å². The number of carboxylic acids is 1. The summed E-state index contributed by atoms with van der Waals surface area (Å²) in [4.78, 5) is 12.9. The van der Waals surface area contributed by atoms with Crippen LogP contribution in [0, 0.1) is 5.82 Å². The molecule has 1 aliphatic rings. The zero-order valence-electron chi connectivity index (χ0n) is 13.2. The van der Waals surface area contributed by atoms with E-state index in [0.29, 0.717) is 17.1 Å². The molecule has 1 aliphatic heterocycles. The molecule has 1 fully saturated rings. The zero-order chi connectivity index (χ0) is 17.1. The van der Waals surface area contributed by atoms with E-state index in [9.17, 15) is 9.18 Å². The Balaban J connectivity index is 1.68. The van der Waals surface area contributed by atoms with Gasteiger partial charge in [0.15, 0.2) is 0 Å². The first-order valence-corrected chi connectivity index (χ1v) is 8.31. The van der Waals surface area contributed by atoms with E-state index in [1.165, 1.54) is 10.7 Å². The summed E-state index contributed by atoms with van der Waals surface area (Å²) in [6.45, 7) is 1.98. The Kier molecular flexibility index (Phi) is 5.16. The Labute approximate surface area is 144 Å². The SMILES string of the molecule is O=C(O)Cn1ccc([C@@H]2CCCN(Cc3c(F)cccc3Cl)C2)n1. The van der Waals surface area contributed by atoms with Crippen molar-refractivity contribution in [1.29, 1.82) is 0 Å². The minimum atomic E-state index is -0.913. The van der Waals surface area contributed by atoms with E-state index in [1.54, 1.807) is 18.3 Å². The van der Waals surface area contributed by atoms with Crippen LogP contribution >= 0.6 is 11.6 Å². The smallest absolute Gasteiger partial charge is 0.325 e. The number of hydrogen-bond acceptors (Lipinski definition) is 3. The van der Waals surface area contributed by atoms with Crippen molar-refractivity contribution in [2.75, 3.05) is 13.1 Å². The van der Waals surface area contributed by atoms with Crippen LogP contribution < -0.4 is 0 Å². The second-order valence-corrected chi connectivity index (χ2v) is 6.51. The van der Waals surface area contributed by atoms with Crippen LogP contribution in [0.4, 0.5) is 4.39 Å². The van der Waals surface area contributed by atoms with Crippen molar-refractivity contribution in [2.45, 2.75) is 31.8 Å². The Bertz CT molecular complexity index is 714. The number of halogens is 2. The molecule has 0 spiro atoms. The summed E-state index contributed by atoms with van der Waals surface area (Å²) < 4.78 is 15.4. The lowest BCUT2D eigenvalue weighted by Crippen LogP contribution is -2.34. The van der Waals surface area contributed by atoms with Crippen LogP contribution in [-0.2, 0) is 17.9 Å². The third-order valence-electron chi connectivity index (χ3n) is 4.33. The van der Waals surface area contributed by atoms with Crippen LogP contribution in [-0.4, -0.2) is 38.8 Å². The monoisotopic (exact) mass is 351 g/mol. The number of likely N-dealkylation sites (tertiary alicyclic amines) is 1. The molecule has 0 saturated carbocycles. The second kappa shape index (κ2) is 7.32. The maximum Gasteiger partial charge on any atom is 0.325 e. The molecule has 24 heavy (non-hydrogen) atoms. The van der Waals surface area contributed by atoms with Gasteiger partial charge in [-0.3, -0.25) is 14.4 Å². The minimum absolute atomic E-state index is 0.138. The molecule has 1 aromatic heterocycles. The topological polar surface area (TPSA) is 58.4 Å². The average molecular weight is 352 g/mol. The Hall–Kier alpha value is -1.92. The van der Waals surface area contributed by atoms with Crippen LogP contribution in [0.5, 0.6) is 0 Å². The molecule has 7 heteroatoms. The maximum absolute atomic E-state index is 14.0. The molecule has 1 saturated heterocycles. The van der Waals surface area contributed by atoms with Gasteiger partial charge in [0.25, 0.3) is 0 Å². The highest BCUT2D eigenvalue weighted by Gasteiger charge is 2.24. The van der Waals surface area contributed by atoms with E-state index in [-0.39, 0.29) is 18.3 Å². The van der Waals surface area contributed by atoms with Crippen molar-refractivity contribution < 1.29 is 14.3 Å². The van der Waals surface area contributed by atoms with Gasteiger partial charge in [-0.05, 0) is 37.6 Å². The molecule has 0 amide bonds. The fourth-order valence-corrected chi connectivity index (χ4v) is 3.39. The van der Waals surface area contributed by atoms with Crippen molar-refractivity contribution in [3.8, 4) is 0 Å². The number of piperidine rings is 1. The van der Waals surface area contributed by atoms with Crippen LogP contribution in [0.25, 0.3) is 0 Å². The molecule has 1 N–H and O–H groups in total. The summed E-state index contributed by atoms with van der Waals surface area (Å²) in [5, 5.41) is 13.6. The van der Waals surface area contributed by atoms with E-state index in [4.69, 9.17) is 16.7 Å². The number of benzene rings is 1. The first-order valence-electron chi connectivity index (χ1n) is 7.93. The highest BCUT2D eigenvalue weighted by molar-refractivity contribution is 6.31. The van der Waals surface area contributed by atoms with Gasteiger partial charge >= 0.3 is 5.97 Å². The first-order chi connectivity index (χ1) is 11.5. The van der Waals surface area contributed by atoms with Gasteiger partial charge in [-0.15, -0.1) is 0 Å². The number of aromatic nitrogens is 2. The Morgan fingerprint density at radius 2 is 2.25 bits per heavy atom. The van der Waals surface area contributed by atoms with E-state index in [2.05, 4.69) is 10.00 Å². The molecule has 5 nitrogen and oxygen atoms in total. The van der Waals surface area contributed by atoms with E-state index in [0.717, 1.165) is 31.6 Å². The first kappa shape index (κ1) is 16.9. The van der Waals surface area contributed by atoms with Crippen LogP contribution in [0.1, 0.15) is 30.0 Å². The van der Waals surface area contributed by atoms with Crippen molar-refractivity contribution >= 4 is 17.6 Å². The molecule has 3 rings (SSSR count). The summed E-state index contributed by atoms with van der Waals surface area (Å²) in [5.41, 5.74) is 1.41. The highest BCUT2D eigenvalue weighted by Crippen LogP contribution is 2.28. The quantitative estimate of drug-likeness (QED) is 0.899. The minimum Gasteiger partial charge on any atom is -0.480 e. The summed E-state index contributed by atoms with van der Waals surface area (Å²) in [5.74, 6) is -0.973. The Morgan fingerprint density at radius 3 is 3.00 bits per heavy atom. The van der Waals surface area contributed by atoms with Gasteiger partial charge in [-0.2, -0.15) is 5.10 Å². The molecule has 1 atom stereocenters. The number of nitrogens with zero attached hydrogens (tertiary/aromatic N) is 3. The molecular formula is C17H19ClFN3O2. The van der Waals surface area contributed by atoms with Gasteiger partial charge < -0.3 is 5.11 Å². The molecule has 0 radical (unpaired) electrons. The lowest BCUT2D eigenvalue weighted by atomic mass is 9.94. The fraction of sp³-hybridized carbons (Fsp3) is 0.412. The van der Waals surface area contributed by atoms with Gasteiger partial charge in [0, 0.05) is 35.8 Å². The number of carbonyl (C=O) groups is 1. The van der Waals surface area contributed by atoms with Crippen LogP contribution in [0.15, 0.2) is 30.5 Å². The third kappa shape index (κ3) is 3.94. The molecule has 0 bridgehead atoms. The largest absolute Gasteiger partial charge is 0.480 e. The van der Waals surface area contributed by atoms with Gasteiger partial charge in [0.05, 0.1) is 5.69 Å². The van der Waals surface area contributed by atoms with Crippen LogP contribution in [0.3, 0.4) is 0 Å². The maximum atomic E-state index is 14.0. The lowest BCUT2D eigenvalue weighted by molar-refractivity contribution is -0.137. The van der Waals surface area contributed by atoms with E-state index in [1.807, 2.05) is 6.07 Å². The molecule has 0 unspecified atom stereocenters. The van der Waals surface area contributed by atoms with Gasteiger partial charge in [0.1, 0.15) is 12.4 Å². The summed E-state index contributed by atoms with van der Waals surface area (Å²) in [6.07, 6.45) is 3.67. The van der Waals surface area contributed by atoms with Gasteiger partial charge in [-0.25, -0.2) is 4.39 Å². The average Bonchev–Trinajstić information content (AvgIpc) is 2.99. The summed E-state index contributed by atoms with van der Waals surface area (Å²) in [6, 6.07) is 6.60. The van der Waals surface area contributed by atoms with E-state index >= 15 is 0 Å². The number of aliphatic carboxylic acids is 1. The molecule has 0 aliphatic carbocycles. The number of carboxylic acid groups (broad SMARTS) is 1. The predicted octanol–water partition coefficient (Wildman–Crippen LogP) is 3.14. The molecule has 2 heterocycles. The molecule has 2 aromatic rings. The van der Waals surface area contributed by atoms with Gasteiger partial charge in [-0.1, -0.05) is 17.7 Å². The molecular weight excluding hydrogens is 333 g/mol. The number of rotatable bonds is 5. The Morgan fingerprint density at radius 1 is 1.42 bits per heavy atom. The highest BCUT2D eigenvalue weighted by atomic mass is 35.5. The van der Waals surface area contributed by atoms with Crippen molar-refractivity contribution in [3.63, 3.8) is 0 Å². The predicted molar refractivity (Wildman–Crippen MR) is 88.5 cm³/mol. The normalized spacial score (nSPS) is 18.7. The summed E-state index contributed by atoms with van der Waals surface area (Å²) in [7, 11) is 0.